The van der Waals surface area contributed by atoms with Crippen molar-refractivity contribution >= 4 is 0 Å². The molecule has 0 aromatic carbocycles. The largest absolute Gasteiger partial charge is 0.447 e. The van der Waals surface area contributed by atoms with Gasteiger partial charge in [0.2, 0.25) is 0 Å². The third-order valence-electron chi connectivity index (χ3n) is 2.71. The number of oxazole rings is 1. The summed E-state index contributed by atoms with van der Waals surface area (Å²) in [7, 11) is 0. The second kappa shape index (κ2) is 5.34. The summed E-state index contributed by atoms with van der Waals surface area (Å²) < 4.78 is 10.8. The van der Waals surface area contributed by atoms with Gasteiger partial charge in [-0.2, -0.15) is 4.98 Å². The van der Waals surface area contributed by atoms with E-state index in [1.807, 2.05) is 0 Å². The summed E-state index contributed by atoms with van der Waals surface area (Å²) in [6.45, 7) is 6.10. The lowest BCUT2D eigenvalue weighted by Gasteiger charge is -2.23. The fourth-order valence-electron chi connectivity index (χ4n) is 1.54. The van der Waals surface area contributed by atoms with Crippen molar-refractivity contribution in [2.45, 2.75) is 45.8 Å². The molecule has 0 unspecified atom stereocenters. The number of ether oxygens (including phenoxy) is 1. The molecule has 0 bridgehead atoms. The van der Waals surface area contributed by atoms with E-state index in [1.54, 1.807) is 6.26 Å². The van der Waals surface area contributed by atoms with Crippen LogP contribution in [0.2, 0.25) is 0 Å². The van der Waals surface area contributed by atoms with E-state index in [0.717, 1.165) is 31.6 Å². The van der Waals surface area contributed by atoms with E-state index in [0.29, 0.717) is 18.1 Å². The van der Waals surface area contributed by atoms with Gasteiger partial charge in [0, 0.05) is 6.54 Å². The average Bonchev–Trinajstić information content (AvgIpc) is 2.59. The van der Waals surface area contributed by atoms with E-state index in [-0.39, 0.29) is 0 Å². The molecule has 1 N–H and O–H groups in total. The molecule has 1 aliphatic carbocycles. The third-order valence-corrected chi connectivity index (χ3v) is 2.71. The highest BCUT2D eigenvalue weighted by Crippen LogP contribution is 2.24. The molecule has 1 aromatic rings. The number of aromatic nitrogens is 1. The number of hydrogen-bond acceptors (Lipinski definition) is 4. The first-order chi connectivity index (χ1) is 7.74. The maximum atomic E-state index is 5.55. The molecule has 2 rings (SSSR count). The van der Waals surface area contributed by atoms with E-state index >= 15 is 0 Å². The summed E-state index contributed by atoms with van der Waals surface area (Å²) in [4.78, 5) is 4.28. The Morgan fingerprint density at radius 1 is 1.56 bits per heavy atom. The van der Waals surface area contributed by atoms with Crippen LogP contribution in [0.3, 0.4) is 0 Å². The Morgan fingerprint density at radius 2 is 2.38 bits per heavy atom. The highest BCUT2D eigenvalue weighted by Gasteiger charge is 2.21. The van der Waals surface area contributed by atoms with Gasteiger partial charge in [0.25, 0.3) is 0 Å². The maximum absolute atomic E-state index is 5.55. The zero-order valence-electron chi connectivity index (χ0n) is 10.0. The van der Waals surface area contributed by atoms with Gasteiger partial charge in [-0.15, -0.1) is 0 Å². The summed E-state index contributed by atoms with van der Waals surface area (Å²) in [6.07, 6.45) is 5.93. The van der Waals surface area contributed by atoms with Crippen LogP contribution in [0.25, 0.3) is 0 Å². The molecule has 1 fully saturated rings. The maximum Gasteiger partial charge on any atom is 0.394 e. The lowest BCUT2D eigenvalue weighted by atomic mass is 9.96. The molecular weight excluding hydrogens is 204 g/mol. The fourth-order valence-corrected chi connectivity index (χ4v) is 1.54. The van der Waals surface area contributed by atoms with Crippen LogP contribution in [0.15, 0.2) is 10.7 Å². The second-order valence-corrected chi connectivity index (χ2v) is 4.80. The predicted molar refractivity (Wildman–Crippen MR) is 61.3 cm³/mol. The molecular formula is C12H20N2O2. The smallest absolute Gasteiger partial charge is 0.394 e. The summed E-state index contributed by atoms with van der Waals surface area (Å²) in [5.74, 6) is 0.651. The highest BCUT2D eigenvalue weighted by molar-refractivity contribution is 5.00. The normalized spacial score (nSPS) is 16.4. The highest BCUT2D eigenvalue weighted by atomic mass is 16.6. The molecule has 1 aromatic heterocycles. The van der Waals surface area contributed by atoms with Crippen molar-refractivity contribution in [3.05, 3.63) is 12.0 Å². The van der Waals surface area contributed by atoms with Crippen LogP contribution in [0, 0.1) is 5.92 Å². The number of rotatable bonds is 6. The van der Waals surface area contributed by atoms with Crippen LogP contribution >= 0.6 is 0 Å². The lowest BCUT2D eigenvalue weighted by molar-refractivity contribution is 0.0834. The molecule has 0 aliphatic heterocycles. The van der Waals surface area contributed by atoms with Gasteiger partial charge in [-0.25, -0.2) is 0 Å². The van der Waals surface area contributed by atoms with E-state index in [9.17, 15) is 0 Å². The molecule has 1 heterocycles. The van der Waals surface area contributed by atoms with E-state index in [1.165, 1.54) is 6.42 Å². The van der Waals surface area contributed by atoms with Crippen LogP contribution in [-0.2, 0) is 6.54 Å². The Morgan fingerprint density at radius 3 is 3.00 bits per heavy atom. The summed E-state index contributed by atoms with van der Waals surface area (Å²) in [5.41, 5.74) is 0.912. The first kappa shape index (κ1) is 11.5. The van der Waals surface area contributed by atoms with Gasteiger partial charge in [-0.1, -0.05) is 13.8 Å². The fraction of sp³-hybridized carbons (Fsp3) is 0.750. The van der Waals surface area contributed by atoms with Gasteiger partial charge < -0.3 is 14.5 Å². The van der Waals surface area contributed by atoms with E-state index < -0.39 is 0 Å². The standard InChI is InChI=1S/C12H20N2O2/c1-9(2)6-13-7-10-8-15-12(14-10)16-11-4-3-5-11/h8-9,11,13H,3-7H2,1-2H3. The quantitative estimate of drug-likeness (QED) is 0.805. The minimum Gasteiger partial charge on any atom is -0.447 e. The van der Waals surface area contributed by atoms with Crippen molar-refractivity contribution in [1.82, 2.24) is 10.3 Å². The summed E-state index contributed by atoms with van der Waals surface area (Å²) in [6, 6.07) is 0. The van der Waals surface area contributed by atoms with Crippen LogP contribution in [0.4, 0.5) is 0 Å². The van der Waals surface area contributed by atoms with Crippen LogP contribution in [0.1, 0.15) is 38.8 Å². The molecule has 4 nitrogen and oxygen atoms in total. The zero-order chi connectivity index (χ0) is 11.4. The van der Waals surface area contributed by atoms with Crippen molar-refractivity contribution in [3.8, 4) is 6.08 Å². The Balaban J connectivity index is 1.73. The van der Waals surface area contributed by atoms with Gasteiger partial charge in [-0.05, 0) is 31.7 Å². The number of nitrogens with zero attached hydrogens (tertiary/aromatic N) is 1. The molecule has 0 amide bonds. The van der Waals surface area contributed by atoms with Gasteiger partial charge >= 0.3 is 6.08 Å². The Kier molecular flexibility index (Phi) is 3.83. The lowest BCUT2D eigenvalue weighted by Crippen LogP contribution is -2.24. The van der Waals surface area contributed by atoms with E-state index in [2.05, 4.69) is 24.1 Å². The molecule has 16 heavy (non-hydrogen) atoms. The Bertz CT molecular complexity index is 319. The molecule has 1 saturated carbocycles. The minimum absolute atomic E-state index is 0.329. The molecule has 1 aliphatic rings. The Hall–Kier alpha value is -1.03. The average molecular weight is 224 g/mol. The molecule has 0 radical (unpaired) electrons. The van der Waals surface area contributed by atoms with Gasteiger partial charge in [0.1, 0.15) is 12.4 Å². The molecule has 90 valence electrons. The monoisotopic (exact) mass is 224 g/mol. The van der Waals surface area contributed by atoms with Crippen LogP contribution in [-0.4, -0.2) is 17.6 Å². The van der Waals surface area contributed by atoms with E-state index in [4.69, 9.17) is 9.15 Å². The molecule has 0 atom stereocenters. The Labute approximate surface area is 96.4 Å². The van der Waals surface area contributed by atoms with Crippen molar-refractivity contribution in [3.63, 3.8) is 0 Å². The predicted octanol–water partition coefficient (Wildman–Crippen LogP) is 2.35. The summed E-state index contributed by atoms with van der Waals surface area (Å²) >= 11 is 0. The van der Waals surface area contributed by atoms with Crippen LogP contribution in [0.5, 0.6) is 6.08 Å². The zero-order valence-corrected chi connectivity index (χ0v) is 10.0. The molecule has 0 saturated heterocycles. The van der Waals surface area contributed by atoms with Gasteiger partial charge in [0.05, 0.1) is 5.69 Å². The first-order valence-corrected chi connectivity index (χ1v) is 6.06. The first-order valence-electron chi connectivity index (χ1n) is 6.06. The minimum atomic E-state index is 0.329. The molecule has 4 heteroatoms. The number of nitrogens with one attached hydrogen (secondary N) is 1. The van der Waals surface area contributed by atoms with Crippen molar-refractivity contribution in [2.24, 2.45) is 5.92 Å². The summed E-state index contributed by atoms with van der Waals surface area (Å²) in [5, 5.41) is 3.32. The van der Waals surface area contributed by atoms with Crippen molar-refractivity contribution in [2.75, 3.05) is 6.54 Å². The molecule has 0 spiro atoms. The van der Waals surface area contributed by atoms with Gasteiger partial charge in [0.15, 0.2) is 0 Å². The van der Waals surface area contributed by atoms with Crippen LogP contribution < -0.4 is 10.1 Å². The topological polar surface area (TPSA) is 47.3 Å². The van der Waals surface area contributed by atoms with Crippen molar-refractivity contribution < 1.29 is 9.15 Å². The SMILES string of the molecule is CC(C)CNCc1coc(OC2CCC2)n1. The van der Waals surface area contributed by atoms with Gasteiger partial charge in [-0.3, -0.25) is 0 Å². The third kappa shape index (κ3) is 3.23. The number of hydrogen-bond donors (Lipinski definition) is 1. The second-order valence-electron chi connectivity index (χ2n) is 4.80. The van der Waals surface area contributed by atoms with Crippen molar-refractivity contribution in [1.29, 1.82) is 0 Å².